The van der Waals surface area contributed by atoms with E-state index in [1.807, 2.05) is 19.1 Å². The molecule has 0 radical (unpaired) electrons. The Morgan fingerprint density at radius 2 is 2.00 bits per heavy atom. The SMILES string of the molecule is CSCCOc1c([C@@H](C)N)ccc2ccccc12. The quantitative estimate of drug-likeness (QED) is 0.835. The zero-order valence-corrected chi connectivity index (χ0v) is 11.7. The van der Waals surface area contributed by atoms with Crippen molar-refractivity contribution in [3.63, 3.8) is 0 Å². The summed E-state index contributed by atoms with van der Waals surface area (Å²) in [5.41, 5.74) is 7.10. The molecule has 2 aromatic carbocycles. The van der Waals surface area contributed by atoms with E-state index in [1.54, 1.807) is 11.8 Å². The monoisotopic (exact) mass is 261 g/mol. The highest BCUT2D eigenvalue weighted by Gasteiger charge is 2.11. The van der Waals surface area contributed by atoms with Crippen molar-refractivity contribution in [3.8, 4) is 5.75 Å². The van der Waals surface area contributed by atoms with Gasteiger partial charge in [0, 0.05) is 22.7 Å². The standard InChI is InChI=1S/C15H19NOS/c1-11(16)13-8-7-12-5-3-4-6-14(12)15(13)17-9-10-18-2/h3-8,11H,9-10,16H2,1-2H3/t11-/m1/s1. The lowest BCUT2D eigenvalue weighted by Crippen LogP contribution is -2.09. The van der Waals surface area contributed by atoms with E-state index in [0.29, 0.717) is 0 Å². The van der Waals surface area contributed by atoms with Crippen LogP contribution in [0.15, 0.2) is 36.4 Å². The van der Waals surface area contributed by atoms with Crippen molar-refractivity contribution in [2.45, 2.75) is 13.0 Å². The third kappa shape index (κ3) is 2.79. The zero-order chi connectivity index (χ0) is 13.0. The average molecular weight is 261 g/mol. The van der Waals surface area contributed by atoms with Crippen molar-refractivity contribution in [2.75, 3.05) is 18.6 Å². The summed E-state index contributed by atoms with van der Waals surface area (Å²) in [5, 5.41) is 2.34. The van der Waals surface area contributed by atoms with E-state index in [0.717, 1.165) is 29.1 Å². The Morgan fingerprint density at radius 3 is 2.72 bits per heavy atom. The first-order valence-electron chi connectivity index (χ1n) is 6.13. The van der Waals surface area contributed by atoms with Gasteiger partial charge in [0.15, 0.2) is 0 Å². The summed E-state index contributed by atoms with van der Waals surface area (Å²) >= 11 is 1.78. The molecule has 2 N–H and O–H groups in total. The second-order valence-electron chi connectivity index (χ2n) is 4.33. The van der Waals surface area contributed by atoms with Crippen LogP contribution in [-0.2, 0) is 0 Å². The fraction of sp³-hybridized carbons (Fsp3) is 0.333. The maximum Gasteiger partial charge on any atom is 0.131 e. The van der Waals surface area contributed by atoms with E-state index >= 15 is 0 Å². The van der Waals surface area contributed by atoms with Gasteiger partial charge in [-0.25, -0.2) is 0 Å². The number of thioether (sulfide) groups is 1. The molecule has 0 fully saturated rings. The molecule has 0 saturated heterocycles. The first kappa shape index (κ1) is 13.2. The predicted molar refractivity (Wildman–Crippen MR) is 80.4 cm³/mol. The van der Waals surface area contributed by atoms with Crippen LogP contribution in [0.4, 0.5) is 0 Å². The summed E-state index contributed by atoms with van der Waals surface area (Å²) in [6, 6.07) is 12.4. The maximum absolute atomic E-state index is 6.02. The molecule has 2 aromatic rings. The molecule has 1 atom stereocenters. The molecule has 0 unspecified atom stereocenters. The van der Waals surface area contributed by atoms with Gasteiger partial charge in [-0.3, -0.25) is 0 Å². The lowest BCUT2D eigenvalue weighted by atomic mass is 10.0. The van der Waals surface area contributed by atoms with Crippen LogP contribution >= 0.6 is 11.8 Å². The second-order valence-corrected chi connectivity index (χ2v) is 5.32. The van der Waals surface area contributed by atoms with Crippen molar-refractivity contribution in [2.24, 2.45) is 5.73 Å². The van der Waals surface area contributed by atoms with Gasteiger partial charge in [-0.15, -0.1) is 0 Å². The molecular weight excluding hydrogens is 242 g/mol. The van der Waals surface area contributed by atoms with Gasteiger partial charge in [0.25, 0.3) is 0 Å². The predicted octanol–water partition coefficient (Wildman–Crippen LogP) is 3.60. The topological polar surface area (TPSA) is 35.2 Å². The van der Waals surface area contributed by atoms with Crippen LogP contribution in [-0.4, -0.2) is 18.6 Å². The van der Waals surface area contributed by atoms with E-state index in [-0.39, 0.29) is 6.04 Å². The van der Waals surface area contributed by atoms with E-state index < -0.39 is 0 Å². The minimum Gasteiger partial charge on any atom is -0.492 e. The second kappa shape index (κ2) is 6.12. The van der Waals surface area contributed by atoms with Gasteiger partial charge >= 0.3 is 0 Å². The number of rotatable bonds is 5. The number of ether oxygens (including phenoxy) is 1. The first-order chi connectivity index (χ1) is 8.74. The summed E-state index contributed by atoms with van der Waals surface area (Å²) in [4.78, 5) is 0. The highest BCUT2D eigenvalue weighted by molar-refractivity contribution is 7.98. The Bertz CT molecular complexity index is 525. The Morgan fingerprint density at radius 1 is 1.22 bits per heavy atom. The lowest BCUT2D eigenvalue weighted by Gasteiger charge is -2.16. The van der Waals surface area contributed by atoms with Crippen LogP contribution in [0, 0.1) is 0 Å². The summed E-state index contributed by atoms with van der Waals surface area (Å²) in [7, 11) is 0. The minimum atomic E-state index is -0.0149. The highest BCUT2D eigenvalue weighted by atomic mass is 32.2. The molecule has 18 heavy (non-hydrogen) atoms. The number of nitrogens with two attached hydrogens (primary N) is 1. The van der Waals surface area contributed by atoms with Gasteiger partial charge in [0.1, 0.15) is 5.75 Å². The molecule has 0 aliphatic carbocycles. The molecule has 0 bridgehead atoms. The largest absolute Gasteiger partial charge is 0.492 e. The Labute approximate surface area is 113 Å². The van der Waals surface area contributed by atoms with E-state index in [2.05, 4.69) is 30.5 Å². The molecule has 0 spiro atoms. The fourth-order valence-corrected chi connectivity index (χ4v) is 2.26. The molecular formula is C15H19NOS. The molecule has 0 amide bonds. The van der Waals surface area contributed by atoms with Crippen LogP contribution in [0.2, 0.25) is 0 Å². The average Bonchev–Trinajstić information content (AvgIpc) is 2.38. The summed E-state index contributed by atoms with van der Waals surface area (Å²) in [6.45, 7) is 2.71. The van der Waals surface area contributed by atoms with E-state index in [4.69, 9.17) is 10.5 Å². The van der Waals surface area contributed by atoms with Gasteiger partial charge in [-0.1, -0.05) is 36.4 Å². The van der Waals surface area contributed by atoms with Crippen molar-refractivity contribution in [1.29, 1.82) is 0 Å². The highest BCUT2D eigenvalue weighted by Crippen LogP contribution is 2.32. The van der Waals surface area contributed by atoms with E-state index in [1.165, 1.54) is 5.39 Å². The zero-order valence-electron chi connectivity index (χ0n) is 10.8. The number of hydrogen-bond donors (Lipinski definition) is 1. The van der Waals surface area contributed by atoms with Crippen molar-refractivity contribution in [3.05, 3.63) is 42.0 Å². The molecule has 3 heteroatoms. The normalized spacial score (nSPS) is 12.6. The molecule has 2 nitrogen and oxygen atoms in total. The molecule has 0 aromatic heterocycles. The molecule has 96 valence electrons. The summed E-state index contributed by atoms with van der Waals surface area (Å²) in [6.07, 6.45) is 2.08. The lowest BCUT2D eigenvalue weighted by molar-refractivity contribution is 0.343. The van der Waals surface area contributed by atoms with Crippen molar-refractivity contribution >= 4 is 22.5 Å². The number of hydrogen-bond acceptors (Lipinski definition) is 3. The smallest absolute Gasteiger partial charge is 0.131 e. The molecule has 0 aliphatic heterocycles. The van der Waals surface area contributed by atoms with Crippen LogP contribution in [0.25, 0.3) is 10.8 Å². The molecule has 2 rings (SSSR count). The number of fused-ring (bicyclic) bond motifs is 1. The van der Waals surface area contributed by atoms with Gasteiger partial charge in [0.05, 0.1) is 6.61 Å². The van der Waals surface area contributed by atoms with E-state index in [9.17, 15) is 0 Å². The first-order valence-corrected chi connectivity index (χ1v) is 7.52. The van der Waals surface area contributed by atoms with Crippen LogP contribution in [0.1, 0.15) is 18.5 Å². The maximum atomic E-state index is 6.02. The van der Waals surface area contributed by atoms with Crippen molar-refractivity contribution < 1.29 is 4.74 Å². The third-order valence-electron chi connectivity index (χ3n) is 2.93. The van der Waals surface area contributed by atoms with Crippen LogP contribution in [0.3, 0.4) is 0 Å². The van der Waals surface area contributed by atoms with Gasteiger partial charge in [-0.05, 0) is 18.6 Å². The molecule has 0 saturated carbocycles. The Kier molecular flexibility index (Phi) is 4.50. The molecule has 0 heterocycles. The minimum absolute atomic E-state index is 0.0149. The Hall–Kier alpha value is -1.19. The number of benzene rings is 2. The van der Waals surface area contributed by atoms with Crippen LogP contribution < -0.4 is 10.5 Å². The summed E-state index contributed by atoms with van der Waals surface area (Å²) < 4.78 is 5.95. The van der Waals surface area contributed by atoms with Gasteiger partial charge in [-0.2, -0.15) is 11.8 Å². The van der Waals surface area contributed by atoms with Gasteiger partial charge < -0.3 is 10.5 Å². The fourth-order valence-electron chi connectivity index (χ4n) is 2.01. The third-order valence-corrected chi connectivity index (χ3v) is 3.51. The molecule has 0 aliphatic rings. The van der Waals surface area contributed by atoms with Crippen LogP contribution in [0.5, 0.6) is 5.75 Å². The van der Waals surface area contributed by atoms with Gasteiger partial charge in [0.2, 0.25) is 0 Å². The van der Waals surface area contributed by atoms with Crippen molar-refractivity contribution in [1.82, 2.24) is 0 Å². The Balaban J connectivity index is 2.45. The summed E-state index contributed by atoms with van der Waals surface area (Å²) in [5.74, 6) is 1.93.